The van der Waals surface area contributed by atoms with E-state index in [0.29, 0.717) is 24.3 Å². The van der Waals surface area contributed by atoms with Gasteiger partial charge in [0.05, 0.1) is 19.3 Å². The lowest BCUT2D eigenvalue weighted by atomic mass is 10.1. The van der Waals surface area contributed by atoms with Crippen LogP contribution >= 0.6 is 0 Å². The Morgan fingerprint density at radius 2 is 2.19 bits per heavy atom. The number of hydrogen-bond acceptors (Lipinski definition) is 4. The van der Waals surface area contributed by atoms with Crippen molar-refractivity contribution in [2.75, 3.05) is 13.7 Å². The number of amides is 1. The molecule has 1 heterocycles. The van der Waals surface area contributed by atoms with Crippen LogP contribution in [0.1, 0.15) is 20.3 Å². The molecule has 1 aliphatic heterocycles. The fourth-order valence-corrected chi connectivity index (χ4v) is 1.43. The van der Waals surface area contributed by atoms with E-state index in [1.807, 2.05) is 0 Å². The number of esters is 1. The van der Waals surface area contributed by atoms with Gasteiger partial charge in [-0.3, -0.25) is 4.90 Å². The van der Waals surface area contributed by atoms with Crippen molar-refractivity contribution in [2.45, 2.75) is 20.3 Å². The highest BCUT2D eigenvalue weighted by molar-refractivity contribution is 5.91. The quantitative estimate of drug-likeness (QED) is 0.672. The molecule has 0 bridgehead atoms. The Morgan fingerprint density at radius 3 is 2.75 bits per heavy atom. The Bertz CT molecular complexity index is 357. The first-order valence-corrected chi connectivity index (χ1v) is 5.02. The van der Waals surface area contributed by atoms with Gasteiger partial charge in [0, 0.05) is 18.3 Å². The maximum Gasteiger partial charge on any atom is 0.418 e. The van der Waals surface area contributed by atoms with E-state index in [9.17, 15) is 9.59 Å². The highest BCUT2D eigenvalue weighted by Gasteiger charge is 2.23. The molecule has 0 spiro atoms. The topological polar surface area (TPSA) is 55.8 Å². The Kier molecular flexibility index (Phi) is 4.10. The van der Waals surface area contributed by atoms with Crippen molar-refractivity contribution in [3.63, 3.8) is 0 Å². The number of hydrogen-bond donors (Lipinski definition) is 0. The summed E-state index contributed by atoms with van der Waals surface area (Å²) < 4.78 is 9.50. The molecule has 0 aliphatic carbocycles. The second-order valence-electron chi connectivity index (χ2n) is 3.21. The van der Waals surface area contributed by atoms with Crippen molar-refractivity contribution in [3.05, 3.63) is 23.5 Å². The number of ether oxygens (including phenoxy) is 2. The predicted molar refractivity (Wildman–Crippen MR) is 57.3 cm³/mol. The summed E-state index contributed by atoms with van der Waals surface area (Å²) in [5.41, 5.74) is 1.02. The van der Waals surface area contributed by atoms with Gasteiger partial charge in [-0.25, -0.2) is 9.59 Å². The molecule has 0 saturated carbocycles. The van der Waals surface area contributed by atoms with Crippen LogP contribution in [-0.2, 0) is 14.3 Å². The summed E-state index contributed by atoms with van der Waals surface area (Å²) in [4.78, 5) is 24.2. The summed E-state index contributed by atoms with van der Waals surface area (Å²) in [7, 11) is 1.32. The zero-order valence-corrected chi connectivity index (χ0v) is 9.65. The minimum absolute atomic E-state index is 0.296. The summed E-state index contributed by atoms with van der Waals surface area (Å²) in [6.07, 6.45) is 3.29. The smallest absolute Gasteiger partial charge is 0.418 e. The Labute approximate surface area is 94.3 Å². The monoisotopic (exact) mass is 225 g/mol. The molecular formula is C11H15NO4. The molecule has 0 N–H and O–H groups in total. The number of carbonyl (C=O) groups is 2. The van der Waals surface area contributed by atoms with Crippen LogP contribution in [-0.4, -0.2) is 30.7 Å². The van der Waals surface area contributed by atoms with E-state index in [1.54, 1.807) is 26.1 Å². The van der Waals surface area contributed by atoms with Crippen LogP contribution in [0, 0.1) is 0 Å². The molecule has 0 aromatic heterocycles. The summed E-state index contributed by atoms with van der Waals surface area (Å²) in [6.45, 7) is 3.71. The van der Waals surface area contributed by atoms with Crippen LogP contribution in [0.4, 0.5) is 4.79 Å². The number of carbonyl (C=O) groups excluding carboxylic acids is 2. The third-order valence-electron chi connectivity index (χ3n) is 2.27. The number of nitrogens with zero attached hydrogens (tertiary/aromatic N) is 1. The molecule has 16 heavy (non-hydrogen) atoms. The molecule has 5 heteroatoms. The van der Waals surface area contributed by atoms with E-state index in [0.717, 1.165) is 0 Å². The van der Waals surface area contributed by atoms with Crippen LogP contribution in [0.15, 0.2) is 23.5 Å². The second kappa shape index (κ2) is 5.34. The average molecular weight is 225 g/mol. The van der Waals surface area contributed by atoms with E-state index < -0.39 is 12.1 Å². The van der Waals surface area contributed by atoms with E-state index >= 15 is 0 Å². The van der Waals surface area contributed by atoms with Crippen LogP contribution in [0.25, 0.3) is 0 Å². The molecule has 0 saturated heterocycles. The Morgan fingerprint density at radius 1 is 1.50 bits per heavy atom. The first-order valence-electron chi connectivity index (χ1n) is 5.02. The largest absolute Gasteiger partial charge is 0.466 e. The molecule has 1 amide bonds. The van der Waals surface area contributed by atoms with Crippen LogP contribution in [0.5, 0.6) is 0 Å². The fraction of sp³-hybridized carbons (Fsp3) is 0.455. The number of methoxy groups -OCH3 is 1. The van der Waals surface area contributed by atoms with Crippen molar-refractivity contribution in [1.82, 2.24) is 4.90 Å². The van der Waals surface area contributed by atoms with E-state index in [-0.39, 0.29) is 0 Å². The van der Waals surface area contributed by atoms with Gasteiger partial charge in [-0.2, -0.15) is 0 Å². The summed E-state index contributed by atoms with van der Waals surface area (Å²) >= 11 is 0. The maximum absolute atomic E-state index is 11.5. The lowest BCUT2D eigenvalue weighted by molar-refractivity contribution is -0.136. The summed E-state index contributed by atoms with van der Waals surface area (Å²) in [5, 5.41) is 0. The van der Waals surface area contributed by atoms with Crippen molar-refractivity contribution < 1.29 is 19.1 Å². The van der Waals surface area contributed by atoms with Gasteiger partial charge >= 0.3 is 12.1 Å². The lowest BCUT2D eigenvalue weighted by Crippen LogP contribution is -2.29. The molecule has 0 radical (unpaired) electrons. The predicted octanol–water partition coefficient (Wildman–Crippen LogP) is 1.81. The molecule has 0 aromatic carbocycles. The first kappa shape index (κ1) is 12.3. The van der Waals surface area contributed by atoms with Crippen LogP contribution < -0.4 is 0 Å². The zero-order chi connectivity index (χ0) is 12.1. The summed E-state index contributed by atoms with van der Waals surface area (Å²) in [6, 6.07) is 0. The normalized spacial score (nSPS) is 15.1. The molecule has 1 aliphatic rings. The van der Waals surface area contributed by atoms with Gasteiger partial charge in [0.25, 0.3) is 0 Å². The van der Waals surface area contributed by atoms with Gasteiger partial charge in [0.1, 0.15) is 0 Å². The number of allylic oxidation sites excluding steroid dienone is 2. The van der Waals surface area contributed by atoms with Gasteiger partial charge in [-0.05, 0) is 13.8 Å². The average Bonchev–Trinajstić information content (AvgIpc) is 2.28. The zero-order valence-electron chi connectivity index (χ0n) is 9.65. The van der Waals surface area contributed by atoms with Crippen molar-refractivity contribution in [2.24, 2.45) is 0 Å². The third-order valence-corrected chi connectivity index (χ3v) is 2.27. The minimum Gasteiger partial charge on any atom is -0.466 e. The van der Waals surface area contributed by atoms with Gasteiger partial charge in [0.2, 0.25) is 0 Å². The van der Waals surface area contributed by atoms with Crippen molar-refractivity contribution in [3.8, 4) is 0 Å². The molecular weight excluding hydrogens is 210 g/mol. The minimum atomic E-state index is -0.489. The van der Waals surface area contributed by atoms with Crippen molar-refractivity contribution >= 4 is 12.1 Å². The van der Waals surface area contributed by atoms with Crippen LogP contribution in [0.2, 0.25) is 0 Å². The molecule has 0 unspecified atom stereocenters. The molecule has 0 fully saturated rings. The van der Waals surface area contributed by atoms with E-state index in [4.69, 9.17) is 4.74 Å². The highest BCUT2D eigenvalue weighted by Crippen LogP contribution is 2.21. The summed E-state index contributed by atoms with van der Waals surface area (Å²) in [5.74, 6) is -0.420. The fourth-order valence-electron chi connectivity index (χ4n) is 1.43. The van der Waals surface area contributed by atoms with Gasteiger partial charge in [-0.1, -0.05) is 6.08 Å². The van der Waals surface area contributed by atoms with Gasteiger partial charge < -0.3 is 9.47 Å². The first-order chi connectivity index (χ1) is 7.61. The molecule has 1 rings (SSSR count). The van der Waals surface area contributed by atoms with E-state index in [1.165, 1.54) is 12.0 Å². The van der Waals surface area contributed by atoms with Gasteiger partial charge in [-0.15, -0.1) is 0 Å². The van der Waals surface area contributed by atoms with E-state index in [2.05, 4.69) is 4.74 Å². The van der Waals surface area contributed by atoms with Crippen LogP contribution in [0.3, 0.4) is 0 Å². The Hall–Kier alpha value is -1.78. The van der Waals surface area contributed by atoms with Crippen molar-refractivity contribution in [1.29, 1.82) is 0 Å². The highest BCUT2D eigenvalue weighted by atomic mass is 16.6. The third kappa shape index (κ3) is 2.42. The number of rotatable bonds is 2. The SMILES string of the molecule is CCOC(=O)N1C=CCC(C(=O)OC)=C1C. The maximum atomic E-state index is 11.5. The molecule has 88 valence electrons. The molecule has 5 nitrogen and oxygen atoms in total. The Balaban J connectivity index is 2.91. The second-order valence-corrected chi connectivity index (χ2v) is 3.21. The molecule has 0 aromatic rings. The lowest BCUT2D eigenvalue weighted by Gasteiger charge is -2.23. The molecule has 0 atom stereocenters. The standard InChI is InChI=1S/C11H15NO4/c1-4-16-11(14)12-7-5-6-9(8(12)2)10(13)15-3/h5,7H,4,6H2,1-3H3. The van der Waals surface area contributed by atoms with Gasteiger partial charge in [0.15, 0.2) is 0 Å².